The quantitative estimate of drug-likeness (QED) is 0.133. The van der Waals surface area contributed by atoms with Gasteiger partial charge in [-0.1, -0.05) is 32.4 Å². The molecule has 0 heterocycles. The summed E-state index contributed by atoms with van der Waals surface area (Å²) in [5, 5.41) is 26.3. The van der Waals surface area contributed by atoms with Crippen LogP contribution in [0.3, 0.4) is 0 Å². The van der Waals surface area contributed by atoms with Gasteiger partial charge in [-0.05, 0) is 30.0 Å². The molecule has 13 heteroatoms. The Hall–Kier alpha value is -3.32. The molecule has 0 aromatic heterocycles. The third-order valence-electron chi connectivity index (χ3n) is 5.68. The smallest absolute Gasteiger partial charge is 0.326 e. The van der Waals surface area contributed by atoms with Crippen LogP contribution in [0.5, 0.6) is 5.75 Å². The van der Waals surface area contributed by atoms with Gasteiger partial charge >= 0.3 is 5.97 Å². The monoisotopic (exact) mass is 525 g/mol. The normalized spacial score (nSPS) is 15.0. The predicted molar refractivity (Wildman–Crippen MR) is 135 cm³/mol. The molecule has 0 bridgehead atoms. The maximum atomic E-state index is 13.0. The summed E-state index contributed by atoms with van der Waals surface area (Å²) in [7, 11) is 0. The van der Waals surface area contributed by atoms with E-state index in [4.69, 9.17) is 11.5 Å². The molecule has 0 aliphatic rings. The molecule has 5 atom stereocenters. The van der Waals surface area contributed by atoms with Crippen molar-refractivity contribution in [3.05, 3.63) is 29.8 Å². The number of carboxylic acid groups (broad SMARTS) is 1. The highest BCUT2D eigenvalue weighted by Crippen LogP contribution is 2.12. The van der Waals surface area contributed by atoms with Gasteiger partial charge in [0.1, 0.15) is 23.9 Å². The zero-order chi connectivity index (χ0) is 27.4. The number of aromatic hydroxyl groups is 1. The molecular formula is C23H35N5O7S. The van der Waals surface area contributed by atoms with Crippen LogP contribution in [0.4, 0.5) is 0 Å². The maximum Gasteiger partial charge on any atom is 0.326 e. The van der Waals surface area contributed by atoms with Crippen LogP contribution in [-0.4, -0.2) is 69.7 Å². The van der Waals surface area contributed by atoms with E-state index in [1.54, 1.807) is 6.92 Å². The average molecular weight is 526 g/mol. The molecule has 0 aliphatic heterocycles. The molecule has 0 aliphatic carbocycles. The number of phenols is 1. The maximum absolute atomic E-state index is 13.0. The largest absolute Gasteiger partial charge is 0.508 e. The molecule has 0 spiro atoms. The summed E-state index contributed by atoms with van der Waals surface area (Å²) >= 11 is 4.12. The number of phenolic OH excluding ortho intramolecular Hbond substituents is 1. The average Bonchev–Trinajstić information content (AvgIpc) is 2.84. The number of nitrogens with one attached hydrogen (secondary N) is 3. The lowest BCUT2D eigenvalue weighted by atomic mass is 9.99. The number of carbonyl (C=O) groups excluding carboxylic acids is 4. The second kappa shape index (κ2) is 14.9. The second-order valence-electron chi connectivity index (χ2n) is 8.49. The molecule has 12 nitrogen and oxygen atoms in total. The molecule has 1 aromatic rings. The van der Waals surface area contributed by atoms with E-state index in [9.17, 15) is 34.2 Å². The number of carbonyl (C=O) groups is 5. The van der Waals surface area contributed by atoms with Gasteiger partial charge in [0.15, 0.2) is 0 Å². The van der Waals surface area contributed by atoms with Gasteiger partial charge in [0.2, 0.25) is 23.6 Å². The van der Waals surface area contributed by atoms with Crippen LogP contribution in [0.15, 0.2) is 24.3 Å². The molecule has 0 saturated carbocycles. The van der Waals surface area contributed by atoms with Crippen molar-refractivity contribution in [1.82, 2.24) is 16.0 Å². The lowest BCUT2D eigenvalue weighted by Crippen LogP contribution is -2.58. The first kappa shape index (κ1) is 30.7. The topological polar surface area (TPSA) is 214 Å². The van der Waals surface area contributed by atoms with Crippen LogP contribution in [0.25, 0.3) is 0 Å². The van der Waals surface area contributed by atoms with Gasteiger partial charge in [0, 0.05) is 18.6 Å². The molecule has 9 N–H and O–H groups in total. The van der Waals surface area contributed by atoms with Crippen molar-refractivity contribution in [1.29, 1.82) is 0 Å². The zero-order valence-corrected chi connectivity index (χ0v) is 21.2. The van der Waals surface area contributed by atoms with Crippen LogP contribution in [-0.2, 0) is 30.4 Å². The molecule has 200 valence electrons. The molecule has 1 aromatic carbocycles. The van der Waals surface area contributed by atoms with Gasteiger partial charge in [-0.15, -0.1) is 0 Å². The first-order valence-electron chi connectivity index (χ1n) is 11.5. The summed E-state index contributed by atoms with van der Waals surface area (Å²) in [4.78, 5) is 61.0. The van der Waals surface area contributed by atoms with Crippen LogP contribution < -0.4 is 27.4 Å². The Kier molecular flexibility index (Phi) is 12.7. The van der Waals surface area contributed by atoms with Crippen molar-refractivity contribution in [3.8, 4) is 5.75 Å². The highest BCUT2D eigenvalue weighted by molar-refractivity contribution is 7.80. The molecule has 0 fully saturated rings. The number of benzene rings is 1. The molecule has 5 unspecified atom stereocenters. The lowest BCUT2D eigenvalue weighted by molar-refractivity contribution is -0.142. The third kappa shape index (κ3) is 10.1. The Labute approximate surface area is 215 Å². The Balaban J connectivity index is 3.07. The van der Waals surface area contributed by atoms with E-state index in [-0.39, 0.29) is 36.7 Å². The summed E-state index contributed by atoms with van der Waals surface area (Å²) in [5.74, 6) is -4.42. The van der Waals surface area contributed by atoms with Gasteiger partial charge in [-0.25, -0.2) is 4.79 Å². The Morgan fingerprint density at radius 3 is 1.97 bits per heavy atom. The number of carboxylic acids is 1. The van der Waals surface area contributed by atoms with Gasteiger partial charge in [-0.2, -0.15) is 12.6 Å². The molecule has 36 heavy (non-hydrogen) atoms. The summed E-state index contributed by atoms with van der Waals surface area (Å²) in [6.07, 6.45) is 0.0941. The highest BCUT2D eigenvalue weighted by Gasteiger charge is 2.30. The van der Waals surface area contributed by atoms with Crippen molar-refractivity contribution < 1.29 is 34.2 Å². The van der Waals surface area contributed by atoms with Crippen LogP contribution >= 0.6 is 12.6 Å². The van der Waals surface area contributed by atoms with E-state index in [0.717, 1.165) is 0 Å². The number of primary amides is 1. The zero-order valence-electron chi connectivity index (χ0n) is 20.3. The number of thiol groups is 1. The van der Waals surface area contributed by atoms with Crippen molar-refractivity contribution in [2.75, 3.05) is 5.75 Å². The number of aliphatic carboxylic acids is 1. The number of hydrogen-bond acceptors (Lipinski definition) is 8. The number of rotatable bonds is 15. The SMILES string of the molecule is CCC(C)C(N)C(=O)NC(CS)C(=O)NC(Cc1ccc(O)cc1)C(=O)NC(CCC(N)=O)C(=O)O. The first-order valence-corrected chi connectivity index (χ1v) is 12.1. The van der Waals surface area contributed by atoms with E-state index in [0.29, 0.717) is 12.0 Å². The van der Waals surface area contributed by atoms with E-state index in [1.807, 2.05) is 6.92 Å². The minimum Gasteiger partial charge on any atom is -0.508 e. The fraction of sp³-hybridized carbons (Fsp3) is 0.522. The number of hydrogen-bond donors (Lipinski definition) is 8. The van der Waals surface area contributed by atoms with Crippen molar-refractivity contribution in [2.24, 2.45) is 17.4 Å². The minimum atomic E-state index is -1.42. The molecular weight excluding hydrogens is 490 g/mol. The third-order valence-corrected chi connectivity index (χ3v) is 6.04. The standard InChI is InChI=1S/C23H35N5O7S/c1-3-12(2)19(25)22(33)28-17(11-36)21(32)27-16(10-13-4-6-14(29)7-5-13)20(31)26-15(23(34)35)8-9-18(24)30/h4-7,12,15-17,19,29,36H,3,8-11,25H2,1-2H3,(H2,24,30)(H,26,31)(H,27,32)(H,28,33)(H,34,35). The number of nitrogens with two attached hydrogens (primary N) is 2. The van der Waals surface area contributed by atoms with Crippen LogP contribution in [0.1, 0.15) is 38.7 Å². The molecule has 4 amide bonds. The van der Waals surface area contributed by atoms with E-state index < -0.39 is 53.8 Å². The molecule has 0 saturated heterocycles. The van der Waals surface area contributed by atoms with Crippen LogP contribution in [0, 0.1) is 5.92 Å². The van der Waals surface area contributed by atoms with Crippen LogP contribution in [0.2, 0.25) is 0 Å². The van der Waals surface area contributed by atoms with Crippen molar-refractivity contribution in [3.63, 3.8) is 0 Å². The fourth-order valence-corrected chi connectivity index (χ4v) is 3.40. The summed E-state index contributed by atoms with van der Waals surface area (Å²) < 4.78 is 0. The Morgan fingerprint density at radius 2 is 1.47 bits per heavy atom. The minimum absolute atomic E-state index is 0.00308. The van der Waals surface area contributed by atoms with Crippen molar-refractivity contribution >= 4 is 42.2 Å². The summed E-state index contributed by atoms with van der Waals surface area (Å²) in [6.45, 7) is 3.68. The molecule has 1 rings (SSSR count). The van der Waals surface area contributed by atoms with E-state index in [1.165, 1.54) is 24.3 Å². The van der Waals surface area contributed by atoms with Gasteiger partial charge in [-0.3, -0.25) is 19.2 Å². The second-order valence-corrected chi connectivity index (χ2v) is 8.86. The summed E-state index contributed by atoms with van der Waals surface area (Å²) in [5.41, 5.74) is 11.6. The van der Waals surface area contributed by atoms with E-state index in [2.05, 4.69) is 28.6 Å². The highest BCUT2D eigenvalue weighted by atomic mass is 32.1. The van der Waals surface area contributed by atoms with Gasteiger partial charge in [0.05, 0.1) is 6.04 Å². The van der Waals surface area contributed by atoms with E-state index >= 15 is 0 Å². The van der Waals surface area contributed by atoms with Gasteiger partial charge in [0.25, 0.3) is 0 Å². The van der Waals surface area contributed by atoms with Crippen molar-refractivity contribution in [2.45, 2.75) is 63.7 Å². The summed E-state index contributed by atoms with van der Waals surface area (Å²) in [6, 6.07) is 1.23. The van der Waals surface area contributed by atoms with Gasteiger partial charge < -0.3 is 37.6 Å². The Morgan fingerprint density at radius 1 is 0.944 bits per heavy atom. The Bertz CT molecular complexity index is 928. The predicted octanol–water partition coefficient (Wildman–Crippen LogP) is -0.958. The fourth-order valence-electron chi connectivity index (χ4n) is 3.14. The lowest BCUT2D eigenvalue weighted by Gasteiger charge is -2.25. The first-order chi connectivity index (χ1) is 16.9. The number of amides is 4. The molecule has 0 radical (unpaired) electrons.